The third-order valence-electron chi connectivity index (χ3n) is 5.98. The van der Waals surface area contributed by atoms with Crippen LogP contribution in [0.15, 0.2) is 54.2 Å². The van der Waals surface area contributed by atoms with Crippen molar-refractivity contribution >= 4 is 17.4 Å². The fraction of sp³-hybridized carbons (Fsp3) is 0.423. The number of aromatic nitrogens is 1. The molecule has 1 aromatic carbocycles. The number of amides is 1. The van der Waals surface area contributed by atoms with E-state index in [2.05, 4.69) is 9.88 Å². The quantitative estimate of drug-likeness (QED) is 0.364. The standard InChI is InChI=1S/C26H31N3O5/c1-18(2)34-20-9-7-19(8-10-20)24(30)22-23(21-6-3-4-11-27-21)29(26(32)25(22)31)13-5-12-28-14-16-33-17-15-28/h3-4,6-11,18,23,30H,5,12-17H2,1-2H3/t23-/m1/s1. The number of hydrogen-bond acceptors (Lipinski definition) is 7. The van der Waals surface area contributed by atoms with Gasteiger partial charge in [-0.1, -0.05) is 6.07 Å². The van der Waals surface area contributed by atoms with Gasteiger partial charge < -0.3 is 19.5 Å². The summed E-state index contributed by atoms with van der Waals surface area (Å²) in [6, 6.07) is 11.5. The van der Waals surface area contributed by atoms with E-state index in [-0.39, 0.29) is 17.4 Å². The van der Waals surface area contributed by atoms with Gasteiger partial charge in [0.05, 0.1) is 30.6 Å². The zero-order chi connectivity index (χ0) is 24.1. The third-order valence-corrected chi connectivity index (χ3v) is 5.98. The van der Waals surface area contributed by atoms with Crippen molar-refractivity contribution in [3.63, 3.8) is 0 Å². The lowest BCUT2D eigenvalue weighted by Crippen LogP contribution is -2.39. The number of carbonyl (C=O) groups is 2. The van der Waals surface area contributed by atoms with Crippen molar-refractivity contribution in [1.82, 2.24) is 14.8 Å². The molecule has 180 valence electrons. The first kappa shape index (κ1) is 23.9. The molecule has 0 aliphatic carbocycles. The first-order chi connectivity index (χ1) is 16.5. The number of Topliss-reactive ketones (excluding diaryl/α,β-unsaturated/α-hetero) is 1. The summed E-state index contributed by atoms with van der Waals surface area (Å²) in [7, 11) is 0. The van der Waals surface area contributed by atoms with Gasteiger partial charge in [-0.15, -0.1) is 0 Å². The Balaban J connectivity index is 1.62. The number of carbonyl (C=O) groups excluding carboxylic acids is 2. The second-order valence-electron chi connectivity index (χ2n) is 8.75. The van der Waals surface area contributed by atoms with E-state index in [9.17, 15) is 14.7 Å². The second-order valence-corrected chi connectivity index (χ2v) is 8.75. The summed E-state index contributed by atoms with van der Waals surface area (Å²) in [6.45, 7) is 8.19. The topological polar surface area (TPSA) is 92.2 Å². The van der Waals surface area contributed by atoms with Crippen molar-refractivity contribution in [3.05, 3.63) is 65.5 Å². The molecule has 1 atom stereocenters. The molecule has 0 saturated carbocycles. The van der Waals surface area contributed by atoms with Crippen LogP contribution in [-0.4, -0.2) is 77.1 Å². The minimum atomic E-state index is -0.738. The minimum Gasteiger partial charge on any atom is -0.507 e. The monoisotopic (exact) mass is 465 g/mol. The molecule has 8 nitrogen and oxygen atoms in total. The summed E-state index contributed by atoms with van der Waals surface area (Å²) in [5, 5.41) is 11.1. The normalized spacial score (nSPS) is 20.8. The van der Waals surface area contributed by atoms with E-state index in [0.29, 0.717) is 43.2 Å². The van der Waals surface area contributed by atoms with Crippen LogP contribution in [0.2, 0.25) is 0 Å². The zero-order valence-corrected chi connectivity index (χ0v) is 19.6. The summed E-state index contributed by atoms with van der Waals surface area (Å²) in [5.41, 5.74) is 1.06. The number of aliphatic hydroxyl groups is 1. The lowest BCUT2D eigenvalue weighted by atomic mass is 9.98. The molecule has 34 heavy (non-hydrogen) atoms. The predicted molar refractivity (Wildman–Crippen MR) is 127 cm³/mol. The number of nitrogens with zero attached hydrogens (tertiary/aromatic N) is 3. The molecular weight excluding hydrogens is 434 g/mol. The van der Waals surface area contributed by atoms with E-state index in [1.54, 1.807) is 42.6 Å². The number of rotatable bonds is 8. The maximum atomic E-state index is 13.1. The van der Waals surface area contributed by atoms with Crippen LogP contribution in [0.25, 0.3) is 5.76 Å². The smallest absolute Gasteiger partial charge is 0.295 e. The lowest BCUT2D eigenvalue weighted by Gasteiger charge is -2.28. The molecule has 1 amide bonds. The van der Waals surface area contributed by atoms with E-state index < -0.39 is 17.7 Å². The molecule has 0 radical (unpaired) electrons. The van der Waals surface area contributed by atoms with Crippen LogP contribution in [0, 0.1) is 0 Å². The van der Waals surface area contributed by atoms with Gasteiger partial charge in [0.15, 0.2) is 0 Å². The molecule has 0 spiro atoms. The minimum absolute atomic E-state index is 0.0198. The summed E-state index contributed by atoms with van der Waals surface area (Å²) in [4.78, 5) is 34.4. The van der Waals surface area contributed by atoms with E-state index in [4.69, 9.17) is 9.47 Å². The van der Waals surface area contributed by atoms with Crippen LogP contribution in [0.5, 0.6) is 5.75 Å². The highest BCUT2D eigenvalue weighted by Gasteiger charge is 2.46. The molecule has 2 aromatic rings. The van der Waals surface area contributed by atoms with Crippen LogP contribution in [0.4, 0.5) is 0 Å². The Kier molecular flexibility index (Phi) is 7.59. The molecule has 2 aliphatic heterocycles. The second kappa shape index (κ2) is 10.8. The Morgan fingerprint density at radius 2 is 1.85 bits per heavy atom. The third kappa shape index (κ3) is 5.29. The molecule has 3 heterocycles. The van der Waals surface area contributed by atoms with Gasteiger partial charge in [0.1, 0.15) is 17.6 Å². The highest BCUT2D eigenvalue weighted by atomic mass is 16.5. The molecule has 2 aliphatic rings. The summed E-state index contributed by atoms with van der Waals surface area (Å²) >= 11 is 0. The van der Waals surface area contributed by atoms with Crippen molar-refractivity contribution in [2.75, 3.05) is 39.4 Å². The Bertz CT molecular complexity index is 1030. The lowest BCUT2D eigenvalue weighted by molar-refractivity contribution is -0.140. The van der Waals surface area contributed by atoms with E-state index in [1.165, 1.54) is 4.90 Å². The van der Waals surface area contributed by atoms with Crippen LogP contribution in [-0.2, 0) is 14.3 Å². The molecular formula is C26H31N3O5. The molecule has 0 unspecified atom stereocenters. The number of aliphatic hydroxyl groups excluding tert-OH is 1. The van der Waals surface area contributed by atoms with Crippen molar-refractivity contribution in [2.24, 2.45) is 0 Å². The Morgan fingerprint density at radius 1 is 1.12 bits per heavy atom. The summed E-state index contributed by atoms with van der Waals surface area (Å²) in [5.74, 6) is -0.849. The first-order valence-corrected chi connectivity index (χ1v) is 11.7. The van der Waals surface area contributed by atoms with Gasteiger partial charge in [0.2, 0.25) is 0 Å². The zero-order valence-electron chi connectivity index (χ0n) is 19.6. The van der Waals surface area contributed by atoms with E-state index in [1.807, 2.05) is 19.9 Å². The molecule has 2 saturated heterocycles. The highest BCUT2D eigenvalue weighted by Crippen LogP contribution is 2.38. The average molecular weight is 466 g/mol. The highest BCUT2D eigenvalue weighted by molar-refractivity contribution is 6.46. The van der Waals surface area contributed by atoms with Crippen LogP contribution in [0.1, 0.15) is 37.6 Å². The Labute approximate surface area is 199 Å². The summed E-state index contributed by atoms with van der Waals surface area (Å²) in [6.07, 6.45) is 2.35. The maximum Gasteiger partial charge on any atom is 0.295 e. The number of likely N-dealkylation sites (tertiary alicyclic amines) is 1. The molecule has 8 heteroatoms. The van der Waals surface area contributed by atoms with Crippen molar-refractivity contribution in [1.29, 1.82) is 0 Å². The van der Waals surface area contributed by atoms with Gasteiger partial charge in [-0.2, -0.15) is 0 Å². The maximum absolute atomic E-state index is 13.1. The number of ketones is 1. The Morgan fingerprint density at radius 3 is 2.50 bits per heavy atom. The van der Waals surface area contributed by atoms with Crippen molar-refractivity contribution in [2.45, 2.75) is 32.4 Å². The van der Waals surface area contributed by atoms with Gasteiger partial charge in [-0.3, -0.25) is 19.5 Å². The van der Waals surface area contributed by atoms with Gasteiger partial charge in [0.25, 0.3) is 11.7 Å². The largest absolute Gasteiger partial charge is 0.507 e. The number of pyridine rings is 1. The molecule has 4 rings (SSSR count). The van der Waals surface area contributed by atoms with Gasteiger partial charge >= 0.3 is 0 Å². The molecule has 1 aromatic heterocycles. The molecule has 0 bridgehead atoms. The number of benzene rings is 1. The number of hydrogen-bond donors (Lipinski definition) is 1. The van der Waals surface area contributed by atoms with E-state index in [0.717, 1.165) is 19.6 Å². The average Bonchev–Trinajstić information content (AvgIpc) is 3.10. The van der Waals surface area contributed by atoms with E-state index >= 15 is 0 Å². The first-order valence-electron chi connectivity index (χ1n) is 11.7. The van der Waals surface area contributed by atoms with Crippen molar-refractivity contribution < 1.29 is 24.2 Å². The predicted octanol–water partition coefficient (Wildman–Crippen LogP) is 3.01. The van der Waals surface area contributed by atoms with Gasteiger partial charge in [-0.25, -0.2) is 0 Å². The SMILES string of the molecule is CC(C)Oc1ccc(C(O)=C2C(=O)C(=O)N(CCCN3CCOCC3)[C@@H]2c2ccccn2)cc1. The number of morpholine rings is 1. The fourth-order valence-corrected chi connectivity index (χ4v) is 4.36. The van der Waals surface area contributed by atoms with Gasteiger partial charge in [-0.05, 0) is 56.7 Å². The van der Waals surface area contributed by atoms with Crippen LogP contribution < -0.4 is 4.74 Å². The molecule has 1 N–H and O–H groups in total. The van der Waals surface area contributed by atoms with Crippen LogP contribution in [0.3, 0.4) is 0 Å². The molecule has 2 fully saturated rings. The van der Waals surface area contributed by atoms with Gasteiger partial charge in [0, 0.05) is 37.9 Å². The van der Waals surface area contributed by atoms with Crippen LogP contribution >= 0.6 is 0 Å². The van der Waals surface area contributed by atoms with Crippen molar-refractivity contribution in [3.8, 4) is 5.75 Å². The summed E-state index contributed by atoms with van der Waals surface area (Å²) < 4.78 is 11.1. The number of ether oxygens (including phenoxy) is 2. The Hall–Kier alpha value is -3.23. The fourth-order valence-electron chi connectivity index (χ4n) is 4.36.